The Balaban J connectivity index is 2.48. The highest BCUT2D eigenvalue weighted by atomic mass is 32.2. The van der Waals surface area contributed by atoms with Crippen molar-refractivity contribution >= 4 is 15.5 Å². The molecule has 0 spiro atoms. The molecule has 0 aliphatic carbocycles. The van der Waals surface area contributed by atoms with E-state index in [1.165, 1.54) is 0 Å². The molecule has 0 aliphatic heterocycles. The van der Waals surface area contributed by atoms with E-state index in [0.717, 1.165) is 18.4 Å². The Morgan fingerprint density at radius 2 is 1.75 bits per heavy atom. The highest BCUT2D eigenvalue weighted by Crippen LogP contribution is 2.08. The number of benzene rings is 1. The summed E-state index contributed by atoms with van der Waals surface area (Å²) in [6, 6.07) is 7.36. The van der Waals surface area contributed by atoms with Crippen molar-refractivity contribution in [2.45, 2.75) is 26.2 Å². The van der Waals surface area contributed by atoms with Crippen molar-refractivity contribution in [1.82, 2.24) is 0 Å². The third-order valence-corrected chi connectivity index (χ3v) is 4.23. The molecule has 1 aromatic carbocycles. The van der Waals surface area contributed by atoms with E-state index in [0.29, 0.717) is 17.9 Å². The highest BCUT2D eigenvalue weighted by molar-refractivity contribution is 7.91. The predicted molar refractivity (Wildman–Crippen MR) is 68.1 cm³/mol. The van der Waals surface area contributed by atoms with E-state index in [9.17, 15) is 8.42 Å². The molecule has 16 heavy (non-hydrogen) atoms. The summed E-state index contributed by atoms with van der Waals surface area (Å²) in [5.74, 6) is 0.537. The van der Waals surface area contributed by atoms with Crippen LogP contribution >= 0.6 is 0 Å². The second-order valence-electron chi connectivity index (χ2n) is 4.00. The molecule has 0 saturated heterocycles. The monoisotopic (exact) mass is 241 g/mol. The van der Waals surface area contributed by atoms with E-state index in [1.54, 1.807) is 12.1 Å². The van der Waals surface area contributed by atoms with Crippen molar-refractivity contribution < 1.29 is 8.42 Å². The Hall–Kier alpha value is -1.03. The van der Waals surface area contributed by atoms with E-state index in [2.05, 4.69) is 0 Å². The van der Waals surface area contributed by atoms with Gasteiger partial charge in [-0.1, -0.05) is 25.5 Å². The minimum atomic E-state index is -2.88. The number of rotatable bonds is 6. The third-order valence-electron chi connectivity index (χ3n) is 2.49. The zero-order valence-corrected chi connectivity index (χ0v) is 10.5. The average Bonchev–Trinajstić information content (AvgIpc) is 2.26. The molecule has 1 rings (SSSR count). The summed E-state index contributed by atoms with van der Waals surface area (Å²) >= 11 is 0. The molecule has 0 heterocycles. The Labute approximate surface area is 97.6 Å². The molecule has 1 aromatic rings. The van der Waals surface area contributed by atoms with Gasteiger partial charge in [0.1, 0.15) is 0 Å². The Kier molecular flexibility index (Phi) is 4.80. The number of anilines is 1. The van der Waals surface area contributed by atoms with E-state index in [1.807, 2.05) is 19.1 Å². The summed E-state index contributed by atoms with van der Waals surface area (Å²) < 4.78 is 23.2. The van der Waals surface area contributed by atoms with Crippen molar-refractivity contribution in [1.29, 1.82) is 0 Å². The highest BCUT2D eigenvalue weighted by Gasteiger charge is 2.09. The fourth-order valence-corrected chi connectivity index (χ4v) is 2.90. The lowest BCUT2D eigenvalue weighted by molar-refractivity contribution is 0.592. The Bertz CT molecular complexity index is 409. The predicted octanol–water partition coefficient (Wildman–Crippen LogP) is 2.03. The SMILES string of the molecule is CCCCS(=O)(=O)CCc1ccc(N)cc1. The minimum absolute atomic E-state index is 0.233. The largest absolute Gasteiger partial charge is 0.399 e. The summed E-state index contributed by atoms with van der Waals surface area (Å²) in [6.45, 7) is 2.00. The molecule has 0 saturated carbocycles. The van der Waals surface area contributed by atoms with Crippen LogP contribution in [0.15, 0.2) is 24.3 Å². The zero-order valence-electron chi connectivity index (χ0n) is 9.65. The van der Waals surface area contributed by atoms with Gasteiger partial charge >= 0.3 is 0 Å². The van der Waals surface area contributed by atoms with Crippen molar-refractivity contribution in [2.75, 3.05) is 17.2 Å². The van der Waals surface area contributed by atoms with Crippen LogP contribution < -0.4 is 5.73 Å². The second-order valence-corrected chi connectivity index (χ2v) is 6.30. The maximum atomic E-state index is 11.6. The number of hydrogen-bond acceptors (Lipinski definition) is 3. The van der Waals surface area contributed by atoms with Crippen LogP contribution in [0.4, 0.5) is 5.69 Å². The van der Waals surface area contributed by atoms with Gasteiger partial charge in [0.25, 0.3) is 0 Å². The van der Waals surface area contributed by atoms with Crippen molar-refractivity contribution in [3.8, 4) is 0 Å². The van der Waals surface area contributed by atoms with Crippen LogP contribution in [0.25, 0.3) is 0 Å². The van der Waals surface area contributed by atoms with Crippen LogP contribution in [-0.4, -0.2) is 19.9 Å². The van der Waals surface area contributed by atoms with Gasteiger partial charge in [-0.25, -0.2) is 8.42 Å². The summed E-state index contributed by atoms with van der Waals surface area (Å²) in [5, 5.41) is 0. The molecule has 0 unspecified atom stereocenters. The standard InChI is InChI=1S/C12H19NO2S/c1-2-3-9-16(14,15)10-8-11-4-6-12(13)7-5-11/h4-7H,2-3,8-10,13H2,1H3. The molecule has 0 amide bonds. The lowest BCUT2D eigenvalue weighted by Gasteiger charge is -2.04. The maximum Gasteiger partial charge on any atom is 0.150 e. The Morgan fingerprint density at radius 3 is 2.31 bits per heavy atom. The quantitative estimate of drug-likeness (QED) is 0.775. The molecule has 0 aliphatic rings. The van der Waals surface area contributed by atoms with Crippen molar-refractivity contribution in [2.24, 2.45) is 0 Å². The van der Waals surface area contributed by atoms with E-state index in [-0.39, 0.29) is 5.75 Å². The fraction of sp³-hybridized carbons (Fsp3) is 0.500. The van der Waals surface area contributed by atoms with Crippen molar-refractivity contribution in [3.63, 3.8) is 0 Å². The first kappa shape index (κ1) is 13.0. The lowest BCUT2D eigenvalue weighted by Crippen LogP contribution is -2.12. The summed E-state index contributed by atoms with van der Waals surface area (Å²) in [5.41, 5.74) is 7.28. The van der Waals surface area contributed by atoms with Crippen LogP contribution in [0.1, 0.15) is 25.3 Å². The first-order valence-corrected chi connectivity index (χ1v) is 7.40. The topological polar surface area (TPSA) is 60.2 Å². The van der Waals surface area contributed by atoms with Crippen LogP contribution in [0.5, 0.6) is 0 Å². The maximum absolute atomic E-state index is 11.6. The average molecular weight is 241 g/mol. The van der Waals surface area contributed by atoms with Gasteiger partial charge in [0, 0.05) is 5.69 Å². The molecule has 0 atom stereocenters. The summed E-state index contributed by atoms with van der Waals surface area (Å²) in [6.07, 6.45) is 2.25. The van der Waals surface area contributed by atoms with Crippen LogP contribution in [0, 0.1) is 0 Å². The molecular formula is C12H19NO2S. The first-order chi connectivity index (χ1) is 7.53. The van der Waals surface area contributed by atoms with Gasteiger partial charge in [0.2, 0.25) is 0 Å². The van der Waals surface area contributed by atoms with Gasteiger partial charge in [-0.2, -0.15) is 0 Å². The number of nitrogens with two attached hydrogens (primary N) is 1. The number of aryl methyl sites for hydroxylation is 1. The van der Waals surface area contributed by atoms with Gasteiger partial charge < -0.3 is 5.73 Å². The van der Waals surface area contributed by atoms with Gasteiger partial charge in [-0.15, -0.1) is 0 Å². The first-order valence-electron chi connectivity index (χ1n) is 5.58. The molecule has 0 radical (unpaired) electrons. The molecule has 0 fully saturated rings. The molecule has 0 aromatic heterocycles. The Morgan fingerprint density at radius 1 is 1.12 bits per heavy atom. The van der Waals surface area contributed by atoms with Gasteiger partial charge in [-0.05, 0) is 30.5 Å². The smallest absolute Gasteiger partial charge is 0.150 e. The van der Waals surface area contributed by atoms with Crippen LogP contribution in [-0.2, 0) is 16.3 Å². The van der Waals surface area contributed by atoms with Gasteiger partial charge in [-0.3, -0.25) is 0 Å². The lowest BCUT2D eigenvalue weighted by atomic mass is 10.2. The van der Waals surface area contributed by atoms with Crippen LogP contribution in [0.2, 0.25) is 0 Å². The molecule has 3 nitrogen and oxygen atoms in total. The molecular weight excluding hydrogens is 222 g/mol. The normalized spacial score (nSPS) is 11.6. The molecule has 90 valence electrons. The number of hydrogen-bond donors (Lipinski definition) is 1. The number of sulfone groups is 1. The minimum Gasteiger partial charge on any atom is -0.399 e. The number of unbranched alkanes of at least 4 members (excludes halogenated alkanes) is 1. The van der Waals surface area contributed by atoms with E-state index < -0.39 is 9.84 Å². The number of nitrogen functional groups attached to an aromatic ring is 1. The molecule has 0 bridgehead atoms. The molecule has 2 N–H and O–H groups in total. The van der Waals surface area contributed by atoms with E-state index in [4.69, 9.17) is 5.73 Å². The van der Waals surface area contributed by atoms with E-state index >= 15 is 0 Å². The summed E-state index contributed by atoms with van der Waals surface area (Å²) in [4.78, 5) is 0. The second kappa shape index (κ2) is 5.89. The van der Waals surface area contributed by atoms with Crippen molar-refractivity contribution in [3.05, 3.63) is 29.8 Å². The van der Waals surface area contributed by atoms with Gasteiger partial charge in [0.05, 0.1) is 11.5 Å². The molecule has 4 heteroatoms. The van der Waals surface area contributed by atoms with Crippen LogP contribution in [0.3, 0.4) is 0 Å². The summed E-state index contributed by atoms with van der Waals surface area (Å²) in [7, 11) is -2.88. The third kappa shape index (κ3) is 4.66. The fourth-order valence-electron chi connectivity index (χ4n) is 1.42. The van der Waals surface area contributed by atoms with Gasteiger partial charge in [0.15, 0.2) is 9.84 Å². The zero-order chi connectivity index (χ0) is 12.0.